The van der Waals surface area contributed by atoms with Crippen molar-refractivity contribution in [3.63, 3.8) is 0 Å². The smallest absolute Gasteiger partial charge is 0.287 e. The molecule has 21 heavy (non-hydrogen) atoms. The van der Waals surface area contributed by atoms with Gasteiger partial charge < -0.3 is 15.5 Å². The largest absolute Gasteiger partial charge is 0.436 e. The maximum Gasteiger partial charge on any atom is 0.287 e. The molecule has 112 valence electrons. The summed E-state index contributed by atoms with van der Waals surface area (Å²) in [6.45, 7) is 0.383. The fourth-order valence-corrected chi connectivity index (χ4v) is 2.24. The summed E-state index contributed by atoms with van der Waals surface area (Å²) < 4.78 is 27.2. The van der Waals surface area contributed by atoms with E-state index in [-0.39, 0.29) is 22.4 Å². The van der Waals surface area contributed by atoms with Crippen molar-refractivity contribution in [2.24, 2.45) is 5.14 Å². The van der Waals surface area contributed by atoms with Crippen LogP contribution in [-0.2, 0) is 16.4 Å². The highest BCUT2D eigenvalue weighted by Gasteiger charge is 2.10. The van der Waals surface area contributed by atoms with E-state index in [9.17, 15) is 13.2 Å². The molecule has 0 saturated heterocycles. The Hall–Kier alpha value is -2.32. The lowest BCUT2D eigenvalue weighted by atomic mass is 10.1. The molecule has 0 bridgehead atoms. The first-order chi connectivity index (χ1) is 9.86. The highest BCUT2D eigenvalue weighted by Crippen LogP contribution is 2.10. The third kappa shape index (κ3) is 4.07. The minimum absolute atomic E-state index is 0.0568. The molecule has 1 aromatic heterocycles. The molecule has 1 amide bonds. The molecule has 0 aliphatic heterocycles. The van der Waals surface area contributed by atoms with Gasteiger partial charge in [-0.05, 0) is 30.2 Å². The van der Waals surface area contributed by atoms with E-state index in [1.807, 2.05) is 0 Å². The summed E-state index contributed by atoms with van der Waals surface area (Å²) in [6.07, 6.45) is 0.548. The van der Waals surface area contributed by atoms with E-state index in [2.05, 4.69) is 5.32 Å². The second-order valence-corrected chi connectivity index (χ2v) is 5.96. The molecule has 8 heteroatoms. The van der Waals surface area contributed by atoms with Crippen molar-refractivity contribution in [3.05, 3.63) is 47.7 Å². The van der Waals surface area contributed by atoms with Crippen molar-refractivity contribution in [2.45, 2.75) is 11.3 Å². The molecular weight excluding hydrogens is 294 g/mol. The fourth-order valence-electron chi connectivity index (χ4n) is 1.73. The minimum Gasteiger partial charge on any atom is -0.436 e. The van der Waals surface area contributed by atoms with Crippen LogP contribution < -0.4 is 16.2 Å². The normalized spacial score (nSPS) is 11.3. The number of carbonyl (C=O) groups excluding carboxylic acids is 1. The Morgan fingerprint density at radius 2 is 1.81 bits per heavy atom. The number of benzene rings is 1. The number of hydrogen-bond donors (Lipinski definition) is 3. The topological polar surface area (TPSA) is 128 Å². The van der Waals surface area contributed by atoms with E-state index in [0.29, 0.717) is 13.0 Å². The lowest BCUT2D eigenvalue weighted by Crippen LogP contribution is -2.25. The van der Waals surface area contributed by atoms with Gasteiger partial charge >= 0.3 is 0 Å². The van der Waals surface area contributed by atoms with Gasteiger partial charge in [0.05, 0.1) is 4.90 Å². The zero-order chi connectivity index (χ0) is 15.5. The van der Waals surface area contributed by atoms with Crippen molar-refractivity contribution in [2.75, 3.05) is 12.3 Å². The molecule has 0 spiro atoms. The standard InChI is InChI=1S/C13H15N3O4S/c14-12-6-5-11(20-12)13(17)16-8-7-9-1-3-10(4-2-9)21(15,18)19/h1-6H,7-8,14H2,(H,16,17)(H2,15,18,19). The SMILES string of the molecule is Nc1ccc(C(=O)NCCc2ccc(S(N)(=O)=O)cc2)o1. The summed E-state index contributed by atoms with van der Waals surface area (Å²) in [5.74, 6) is -0.0244. The molecule has 0 radical (unpaired) electrons. The first kappa shape index (κ1) is 15.1. The number of hydrogen-bond acceptors (Lipinski definition) is 5. The number of carbonyl (C=O) groups is 1. The Labute approximate surface area is 122 Å². The summed E-state index contributed by atoms with van der Waals surface area (Å²) in [5.41, 5.74) is 6.26. The lowest BCUT2D eigenvalue weighted by molar-refractivity contribution is 0.0927. The molecule has 7 nitrogen and oxygen atoms in total. The van der Waals surface area contributed by atoms with Crippen molar-refractivity contribution in [3.8, 4) is 0 Å². The van der Waals surface area contributed by atoms with E-state index >= 15 is 0 Å². The second-order valence-electron chi connectivity index (χ2n) is 4.40. The maximum atomic E-state index is 11.7. The van der Waals surface area contributed by atoms with Gasteiger partial charge in [-0.2, -0.15) is 0 Å². The zero-order valence-electron chi connectivity index (χ0n) is 11.1. The maximum absolute atomic E-state index is 11.7. The third-order valence-corrected chi connectivity index (χ3v) is 3.73. The van der Waals surface area contributed by atoms with Crippen LogP contribution in [0.3, 0.4) is 0 Å². The molecule has 0 saturated carbocycles. The van der Waals surface area contributed by atoms with Gasteiger partial charge in [-0.25, -0.2) is 13.6 Å². The highest BCUT2D eigenvalue weighted by molar-refractivity contribution is 7.89. The van der Waals surface area contributed by atoms with Gasteiger partial charge in [0.2, 0.25) is 10.0 Å². The number of primary sulfonamides is 1. The van der Waals surface area contributed by atoms with Crippen molar-refractivity contribution in [1.82, 2.24) is 5.32 Å². The number of furan rings is 1. The molecule has 2 aromatic rings. The van der Waals surface area contributed by atoms with Crippen LogP contribution in [0.1, 0.15) is 16.1 Å². The number of nitrogen functional groups attached to an aromatic ring is 1. The van der Waals surface area contributed by atoms with Gasteiger partial charge in [-0.3, -0.25) is 4.79 Å². The predicted molar refractivity (Wildman–Crippen MR) is 77.0 cm³/mol. The van der Waals surface area contributed by atoms with Crippen LogP contribution in [0.15, 0.2) is 45.7 Å². The van der Waals surface area contributed by atoms with Gasteiger partial charge in [-0.15, -0.1) is 0 Å². The van der Waals surface area contributed by atoms with Crippen LogP contribution in [0.4, 0.5) is 5.88 Å². The third-order valence-electron chi connectivity index (χ3n) is 2.80. The van der Waals surface area contributed by atoms with Crippen molar-refractivity contribution < 1.29 is 17.6 Å². The average Bonchev–Trinajstić information content (AvgIpc) is 2.85. The van der Waals surface area contributed by atoms with Gasteiger partial charge in [0, 0.05) is 12.6 Å². The van der Waals surface area contributed by atoms with Gasteiger partial charge in [0.25, 0.3) is 5.91 Å². The van der Waals surface area contributed by atoms with Crippen molar-refractivity contribution >= 4 is 21.8 Å². The van der Waals surface area contributed by atoms with Crippen molar-refractivity contribution in [1.29, 1.82) is 0 Å². The molecule has 5 N–H and O–H groups in total. The van der Waals surface area contributed by atoms with E-state index in [1.54, 1.807) is 12.1 Å². The Balaban J connectivity index is 1.88. The van der Waals surface area contributed by atoms with Crippen LogP contribution in [0, 0.1) is 0 Å². The zero-order valence-corrected chi connectivity index (χ0v) is 11.9. The van der Waals surface area contributed by atoms with Crippen LogP contribution in [0.5, 0.6) is 0 Å². The summed E-state index contributed by atoms with van der Waals surface area (Å²) in [4.78, 5) is 11.7. The average molecular weight is 309 g/mol. The van der Waals surface area contributed by atoms with Crippen LogP contribution in [0.25, 0.3) is 0 Å². The molecule has 0 unspecified atom stereocenters. The highest BCUT2D eigenvalue weighted by atomic mass is 32.2. The molecule has 0 aliphatic carbocycles. The summed E-state index contributed by atoms with van der Waals surface area (Å²) in [7, 11) is -3.68. The second kappa shape index (κ2) is 5.98. The lowest BCUT2D eigenvalue weighted by Gasteiger charge is -2.04. The molecule has 0 atom stereocenters. The van der Waals surface area contributed by atoms with E-state index in [1.165, 1.54) is 24.3 Å². The summed E-state index contributed by atoms with van der Waals surface area (Å²) >= 11 is 0. The van der Waals surface area contributed by atoms with Gasteiger partial charge in [0.15, 0.2) is 11.6 Å². The monoisotopic (exact) mass is 309 g/mol. The van der Waals surface area contributed by atoms with E-state index in [4.69, 9.17) is 15.3 Å². The molecule has 2 rings (SSSR count). The van der Waals surface area contributed by atoms with Gasteiger partial charge in [-0.1, -0.05) is 12.1 Å². The number of anilines is 1. The molecule has 1 heterocycles. The van der Waals surface area contributed by atoms with Crippen LogP contribution >= 0.6 is 0 Å². The van der Waals surface area contributed by atoms with E-state index < -0.39 is 10.0 Å². The number of rotatable bonds is 5. The Morgan fingerprint density at radius 1 is 1.14 bits per heavy atom. The number of nitrogens with one attached hydrogen (secondary N) is 1. The van der Waals surface area contributed by atoms with Gasteiger partial charge in [0.1, 0.15) is 0 Å². The Morgan fingerprint density at radius 3 is 2.33 bits per heavy atom. The number of amides is 1. The summed E-state index contributed by atoms with van der Waals surface area (Å²) in [5, 5.41) is 7.68. The summed E-state index contributed by atoms with van der Waals surface area (Å²) in [6, 6.07) is 9.15. The quantitative estimate of drug-likeness (QED) is 0.740. The minimum atomic E-state index is -3.68. The molecule has 1 aromatic carbocycles. The number of nitrogens with two attached hydrogens (primary N) is 2. The predicted octanol–water partition coefficient (Wildman–Crippen LogP) is 0.482. The first-order valence-corrected chi connectivity index (χ1v) is 7.66. The Kier molecular flexibility index (Phi) is 4.29. The molecule has 0 fully saturated rings. The fraction of sp³-hybridized carbons (Fsp3) is 0.154. The van der Waals surface area contributed by atoms with Crippen LogP contribution in [-0.4, -0.2) is 20.9 Å². The number of sulfonamides is 1. The molecular formula is C13H15N3O4S. The van der Waals surface area contributed by atoms with Crippen LogP contribution in [0.2, 0.25) is 0 Å². The molecule has 0 aliphatic rings. The Bertz CT molecular complexity index is 735. The first-order valence-electron chi connectivity index (χ1n) is 6.11. The van der Waals surface area contributed by atoms with E-state index in [0.717, 1.165) is 5.56 Å².